The Hall–Kier alpha value is -1.22. The molecule has 1 saturated carbocycles. The highest BCUT2D eigenvalue weighted by Gasteiger charge is 2.32. The normalized spacial score (nSPS) is 23.2. The molecule has 3 rings (SSSR count). The minimum atomic E-state index is 0.447. The van der Waals surface area contributed by atoms with E-state index in [2.05, 4.69) is 37.4 Å². The Bertz CT molecular complexity index is 456. The highest BCUT2D eigenvalue weighted by Crippen LogP contribution is 2.43. The van der Waals surface area contributed by atoms with E-state index in [9.17, 15) is 0 Å². The zero-order valence-corrected chi connectivity index (χ0v) is 12.5. The summed E-state index contributed by atoms with van der Waals surface area (Å²) >= 11 is 0. The average molecular weight is 275 g/mol. The molecule has 0 bridgehead atoms. The van der Waals surface area contributed by atoms with Crippen molar-refractivity contribution < 1.29 is 9.47 Å². The Morgan fingerprint density at radius 3 is 2.65 bits per heavy atom. The summed E-state index contributed by atoms with van der Waals surface area (Å²) < 4.78 is 11.7. The molecule has 1 N–H and O–H groups in total. The minimum absolute atomic E-state index is 0.447. The zero-order chi connectivity index (χ0) is 13.9. The number of hydrogen-bond donors (Lipinski definition) is 1. The average Bonchev–Trinajstić information content (AvgIpc) is 3.29. The lowest BCUT2D eigenvalue weighted by atomic mass is 10.0. The quantitative estimate of drug-likeness (QED) is 0.891. The summed E-state index contributed by atoms with van der Waals surface area (Å²) in [5.74, 6) is 3.05. The van der Waals surface area contributed by atoms with Gasteiger partial charge in [0.05, 0.1) is 13.2 Å². The molecule has 0 aromatic heterocycles. The highest BCUT2D eigenvalue weighted by atomic mass is 16.5. The summed E-state index contributed by atoms with van der Waals surface area (Å²) in [5.41, 5.74) is 1.35. The van der Waals surface area contributed by atoms with Crippen LogP contribution < -0.4 is 14.8 Å². The van der Waals surface area contributed by atoms with E-state index in [0.717, 1.165) is 37.2 Å². The number of fused-ring (bicyclic) bond motifs is 1. The van der Waals surface area contributed by atoms with Gasteiger partial charge in [-0.1, -0.05) is 19.9 Å². The zero-order valence-electron chi connectivity index (χ0n) is 12.5. The maximum absolute atomic E-state index is 5.90. The van der Waals surface area contributed by atoms with E-state index in [-0.39, 0.29) is 0 Å². The largest absolute Gasteiger partial charge is 0.489 e. The predicted octanol–water partition coefficient (Wildman–Crippen LogP) is 3.54. The van der Waals surface area contributed by atoms with Crippen molar-refractivity contribution in [3.05, 3.63) is 23.8 Å². The molecule has 0 amide bonds. The fourth-order valence-electron chi connectivity index (χ4n) is 2.75. The molecule has 2 aliphatic rings. The van der Waals surface area contributed by atoms with Gasteiger partial charge < -0.3 is 14.8 Å². The van der Waals surface area contributed by atoms with Crippen LogP contribution in [-0.4, -0.2) is 19.8 Å². The molecular weight excluding hydrogens is 250 g/mol. The molecule has 0 spiro atoms. The third kappa shape index (κ3) is 3.09. The second kappa shape index (κ2) is 6.04. The molecule has 1 aliphatic carbocycles. The Kier molecular flexibility index (Phi) is 4.16. The number of rotatable bonds is 5. The second-order valence-electron chi connectivity index (χ2n) is 6.20. The minimum Gasteiger partial charge on any atom is -0.489 e. The van der Waals surface area contributed by atoms with Crippen LogP contribution in [0.15, 0.2) is 18.2 Å². The summed E-state index contributed by atoms with van der Waals surface area (Å²) in [7, 11) is 0. The van der Waals surface area contributed by atoms with Crippen molar-refractivity contribution in [3.8, 4) is 11.5 Å². The smallest absolute Gasteiger partial charge is 0.161 e. The van der Waals surface area contributed by atoms with Crippen molar-refractivity contribution in [1.29, 1.82) is 0 Å². The van der Waals surface area contributed by atoms with Crippen LogP contribution in [0.2, 0.25) is 0 Å². The molecule has 3 nitrogen and oxygen atoms in total. The fraction of sp³-hybridized carbons (Fsp3) is 0.647. The van der Waals surface area contributed by atoms with Crippen molar-refractivity contribution in [2.24, 2.45) is 11.8 Å². The molecular formula is C17H25NO2. The standard InChI is InChI=1S/C17H25NO2/c1-3-8-18-17(13-4-5-13)14-6-7-15-16(9-14)20-11-12(2)10-19-15/h6-7,9,12-13,17-18H,3-5,8,10-11H2,1-2H3. The van der Waals surface area contributed by atoms with Gasteiger partial charge in [-0.2, -0.15) is 0 Å². The highest BCUT2D eigenvalue weighted by molar-refractivity contribution is 5.44. The van der Waals surface area contributed by atoms with Gasteiger partial charge in [0.25, 0.3) is 0 Å². The SMILES string of the molecule is CCCNC(c1ccc2c(c1)OCC(C)CO2)C1CC1. The van der Waals surface area contributed by atoms with Crippen LogP contribution in [0.25, 0.3) is 0 Å². The summed E-state index contributed by atoms with van der Waals surface area (Å²) in [6, 6.07) is 6.93. The van der Waals surface area contributed by atoms with E-state index in [4.69, 9.17) is 9.47 Å². The van der Waals surface area contributed by atoms with Crippen molar-refractivity contribution in [2.75, 3.05) is 19.8 Å². The van der Waals surface area contributed by atoms with Crippen LogP contribution >= 0.6 is 0 Å². The monoisotopic (exact) mass is 275 g/mol. The van der Waals surface area contributed by atoms with Gasteiger partial charge in [-0.3, -0.25) is 0 Å². The van der Waals surface area contributed by atoms with E-state index in [1.807, 2.05) is 0 Å². The Morgan fingerprint density at radius 2 is 1.95 bits per heavy atom. The molecule has 2 atom stereocenters. The number of hydrogen-bond acceptors (Lipinski definition) is 3. The topological polar surface area (TPSA) is 30.5 Å². The Labute approximate surface area is 121 Å². The molecule has 1 aromatic rings. The van der Waals surface area contributed by atoms with Crippen LogP contribution in [0.3, 0.4) is 0 Å². The van der Waals surface area contributed by atoms with E-state index >= 15 is 0 Å². The number of nitrogens with one attached hydrogen (secondary N) is 1. The first kappa shape index (κ1) is 13.7. The van der Waals surface area contributed by atoms with Crippen LogP contribution in [-0.2, 0) is 0 Å². The van der Waals surface area contributed by atoms with Crippen LogP contribution in [0.4, 0.5) is 0 Å². The van der Waals surface area contributed by atoms with Crippen molar-refractivity contribution >= 4 is 0 Å². The third-order valence-electron chi connectivity index (χ3n) is 4.08. The first-order valence-corrected chi connectivity index (χ1v) is 7.91. The maximum atomic E-state index is 5.90. The number of benzene rings is 1. The molecule has 0 saturated heterocycles. The number of ether oxygens (including phenoxy) is 2. The molecule has 1 fully saturated rings. The molecule has 3 heteroatoms. The molecule has 0 radical (unpaired) electrons. The van der Waals surface area contributed by atoms with Crippen LogP contribution in [0, 0.1) is 11.8 Å². The molecule has 1 heterocycles. The summed E-state index contributed by atoms with van der Waals surface area (Å²) in [4.78, 5) is 0. The van der Waals surface area contributed by atoms with E-state index in [1.165, 1.54) is 24.8 Å². The van der Waals surface area contributed by atoms with Gasteiger partial charge in [0.15, 0.2) is 11.5 Å². The molecule has 20 heavy (non-hydrogen) atoms. The molecule has 1 aromatic carbocycles. The third-order valence-corrected chi connectivity index (χ3v) is 4.08. The lowest BCUT2D eigenvalue weighted by molar-refractivity contribution is 0.228. The predicted molar refractivity (Wildman–Crippen MR) is 80.4 cm³/mol. The van der Waals surface area contributed by atoms with Crippen molar-refractivity contribution in [2.45, 2.75) is 39.2 Å². The summed E-state index contributed by atoms with van der Waals surface area (Å²) in [6.07, 6.45) is 3.85. The summed E-state index contributed by atoms with van der Waals surface area (Å²) in [5, 5.41) is 3.68. The summed E-state index contributed by atoms with van der Waals surface area (Å²) in [6.45, 7) is 6.93. The second-order valence-corrected chi connectivity index (χ2v) is 6.20. The Morgan fingerprint density at radius 1 is 1.20 bits per heavy atom. The van der Waals surface area contributed by atoms with Gasteiger partial charge >= 0.3 is 0 Å². The Balaban J connectivity index is 1.79. The first-order chi connectivity index (χ1) is 9.78. The van der Waals surface area contributed by atoms with E-state index in [0.29, 0.717) is 12.0 Å². The van der Waals surface area contributed by atoms with Gasteiger partial charge in [-0.25, -0.2) is 0 Å². The van der Waals surface area contributed by atoms with Gasteiger partial charge in [0.2, 0.25) is 0 Å². The van der Waals surface area contributed by atoms with Gasteiger partial charge in [-0.05, 0) is 49.4 Å². The lowest BCUT2D eigenvalue weighted by Gasteiger charge is -2.20. The van der Waals surface area contributed by atoms with Crippen molar-refractivity contribution in [3.63, 3.8) is 0 Å². The molecule has 110 valence electrons. The van der Waals surface area contributed by atoms with Crippen LogP contribution in [0.1, 0.15) is 44.7 Å². The first-order valence-electron chi connectivity index (χ1n) is 7.91. The molecule has 1 aliphatic heterocycles. The van der Waals surface area contributed by atoms with E-state index in [1.54, 1.807) is 0 Å². The maximum Gasteiger partial charge on any atom is 0.161 e. The van der Waals surface area contributed by atoms with E-state index < -0.39 is 0 Å². The van der Waals surface area contributed by atoms with Crippen molar-refractivity contribution in [1.82, 2.24) is 5.32 Å². The van der Waals surface area contributed by atoms with Gasteiger partial charge in [0.1, 0.15) is 0 Å². The fourth-order valence-corrected chi connectivity index (χ4v) is 2.75. The molecule has 2 unspecified atom stereocenters. The van der Waals surface area contributed by atoms with Gasteiger partial charge in [0, 0.05) is 12.0 Å². The van der Waals surface area contributed by atoms with Gasteiger partial charge in [-0.15, -0.1) is 0 Å². The van der Waals surface area contributed by atoms with Crippen LogP contribution in [0.5, 0.6) is 11.5 Å². The lowest BCUT2D eigenvalue weighted by Crippen LogP contribution is -2.23.